The Labute approximate surface area is 116 Å². The first-order chi connectivity index (χ1) is 9.69. The summed E-state index contributed by atoms with van der Waals surface area (Å²) in [6, 6.07) is 15.4. The second-order valence-electron chi connectivity index (χ2n) is 4.05. The lowest BCUT2D eigenvalue weighted by molar-refractivity contribution is 0.102. The fraction of sp³-hybridized carbons (Fsp3) is 0.0667. The molecule has 0 bridgehead atoms. The molecule has 3 N–H and O–H groups in total. The number of nitriles is 1. The largest absolute Gasteiger partial charge is 0.479 e. The minimum Gasteiger partial charge on any atom is -0.479 e. The van der Waals surface area contributed by atoms with Crippen molar-refractivity contribution in [2.75, 3.05) is 17.7 Å². The summed E-state index contributed by atoms with van der Waals surface area (Å²) in [6.45, 7) is -0.00283. The van der Waals surface area contributed by atoms with Crippen molar-refractivity contribution in [3.63, 3.8) is 0 Å². The Morgan fingerprint density at radius 2 is 1.80 bits per heavy atom. The molecule has 0 aromatic heterocycles. The zero-order valence-electron chi connectivity index (χ0n) is 10.7. The molecular weight excluding hydrogens is 254 g/mol. The monoisotopic (exact) mass is 267 g/mol. The summed E-state index contributed by atoms with van der Waals surface area (Å²) in [5, 5.41) is 11.2. The predicted octanol–water partition coefficient (Wildman–Crippen LogP) is 2.42. The fourth-order valence-electron chi connectivity index (χ4n) is 1.59. The van der Waals surface area contributed by atoms with Crippen LogP contribution in [0.25, 0.3) is 0 Å². The van der Waals surface area contributed by atoms with E-state index in [0.717, 1.165) is 0 Å². The van der Waals surface area contributed by atoms with Gasteiger partial charge in [0, 0.05) is 16.9 Å². The van der Waals surface area contributed by atoms with E-state index in [1.165, 1.54) is 0 Å². The number of nitrogens with two attached hydrogens (primary N) is 1. The van der Waals surface area contributed by atoms with Crippen LogP contribution in [0.2, 0.25) is 0 Å². The minimum absolute atomic E-state index is 0.00283. The maximum atomic E-state index is 12.0. The topological polar surface area (TPSA) is 88.1 Å². The Bertz CT molecular complexity index is 628. The Morgan fingerprint density at radius 3 is 2.40 bits per heavy atom. The normalized spacial score (nSPS) is 9.55. The minimum atomic E-state index is -0.212. The molecule has 20 heavy (non-hydrogen) atoms. The number of carbonyl (C=O) groups excluding carboxylic acids is 1. The third-order valence-corrected chi connectivity index (χ3v) is 2.59. The van der Waals surface area contributed by atoms with Gasteiger partial charge in [-0.25, -0.2) is 0 Å². The summed E-state index contributed by atoms with van der Waals surface area (Å²) in [5.74, 6) is 0.368. The van der Waals surface area contributed by atoms with Gasteiger partial charge >= 0.3 is 0 Å². The summed E-state index contributed by atoms with van der Waals surface area (Å²) in [6.07, 6.45) is 0. The first kappa shape index (κ1) is 13.4. The Hall–Kier alpha value is -3.00. The average Bonchev–Trinajstić information content (AvgIpc) is 2.47. The van der Waals surface area contributed by atoms with Gasteiger partial charge in [0.05, 0.1) is 0 Å². The van der Waals surface area contributed by atoms with Crippen molar-refractivity contribution in [3.8, 4) is 11.8 Å². The third kappa shape index (κ3) is 3.50. The number of nitrogens with one attached hydrogen (secondary N) is 1. The van der Waals surface area contributed by atoms with E-state index in [1.807, 2.05) is 6.07 Å². The SMILES string of the molecule is N#CCOc1ccc(NC(=O)c2ccc(N)cc2)cc1. The number of hydrogen-bond donors (Lipinski definition) is 2. The van der Waals surface area contributed by atoms with Gasteiger partial charge in [0.2, 0.25) is 0 Å². The molecule has 0 saturated carbocycles. The number of ether oxygens (including phenoxy) is 1. The molecule has 2 aromatic rings. The molecule has 0 fully saturated rings. The Balaban J connectivity index is 2.01. The molecule has 0 heterocycles. The summed E-state index contributed by atoms with van der Waals surface area (Å²) in [7, 11) is 0. The number of nitrogens with zero attached hydrogens (tertiary/aromatic N) is 1. The van der Waals surface area contributed by atoms with E-state index in [9.17, 15) is 4.79 Å². The van der Waals surface area contributed by atoms with Crippen LogP contribution in [0.3, 0.4) is 0 Å². The average molecular weight is 267 g/mol. The van der Waals surface area contributed by atoms with E-state index in [2.05, 4.69) is 5.32 Å². The molecule has 1 amide bonds. The number of nitrogen functional groups attached to an aromatic ring is 1. The van der Waals surface area contributed by atoms with Crippen molar-refractivity contribution < 1.29 is 9.53 Å². The van der Waals surface area contributed by atoms with Crippen LogP contribution in [0.5, 0.6) is 5.75 Å². The molecule has 2 rings (SSSR count). The highest BCUT2D eigenvalue weighted by atomic mass is 16.5. The number of anilines is 2. The van der Waals surface area contributed by atoms with Crippen LogP contribution < -0.4 is 15.8 Å². The number of carbonyl (C=O) groups is 1. The molecule has 0 radical (unpaired) electrons. The van der Waals surface area contributed by atoms with E-state index < -0.39 is 0 Å². The van der Waals surface area contributed by atoms with Crippen molar-refractivity contribution in [2.24, 2.45) is 0 Å². The van der Waals surface area contributed by atoms with Crippen LogP contribution in [-0.2, 0) is 0 Å². The predicted molar refractivity (Wildman–Crippen MR) is 76.4 cm³/mol. The van der Waals surface area contributed by atoms with Gasteiger partial charge in [-0.15, -0.1) is 0 Å². The van der Waals surface area contributed by atoms with Crippen LogP contribution in [0.1, 0.15) is 10.4 Å². The number of benzene rings is 2. The number of rotatable bonds is 4. The van der Waals surface area contributed by atoms with Crippen molar-refractivity contribution >= 4 is 17.3 Å². The van der Waals surface area contributed by atoms with Gasteiger partial charge in [-0.05, 0) is 48.5 Å². The molecule has 100 valence electrons. The van der Waals surface area contributed by atoms with Gasteiger partial charge in [0.15, 0.2) is 6.61 Å². The molecule has 0 aliphatic heterocycles. The van der Waals surface area contributed by atoms with Gasteiger partial charge < -0.3 is 15.8 Å². The molecule has 0 aliphatic rings. The molecule has 2 aromatic carbocycles. The molecule has 0 atom stereocenters. The van der Waals surface area contributed by atoms with Crippen molar-refractivity contribution in [1.29, 1.82) is 5.26 Å². The first-order valence-corrected chi connectivity index (χ1v) is 5.96. The van der Waals surface area contributed by atoms with E-state index in [1.54, 1.807) is 48.5 Å². The van der Waals surface area contributed by atoms with Crippen molar-refractivity contribution in [1.82, 2.24) is 0 Å². The second-order valence-corrected chi connectivity index (χ2v) is 4.05. The van der Waals surface area contributed by atoms with Gasteiger partial charge in [-0.1, -0.05) is 0 Å². The molecule has 0 spiro atoms. The summed E-state index contributed by atoms with van der Waals surface area (Å²) >= 11 is 0. The molecule has 0 saturated heterocycles. The lowest BCUT2D eigenvalue weighted by Gasteiger charge is -2.07. The third-order valence-electron chi connectivity index (χ3n) is 2.59. The maximum Gasteiger partial charge on any atom is 0.255 e. The Kier molecular flexibility index (Phi) is 4.20. The maximum absolute atomic E-state index is 12.0. The molecule has 5 heteroatoms. The van der Waals surface area contributed by atoms with E-state index >= 15 is 0 Å². The highest BCUT2D eigenvalue weighted by molar-refractivity contribution is 6.04. The molecule has 5 nitrogen and oxygen atoms in total. The van der Waals surface area contributed by atoms with Crippen LogP contribution >= 0.6 is 0 Å². The van der Waals surface area contributed by atoms with Crippen LogP contribution in [0.15, 0.2) is 48.5 Å². The molecular formula is C15H13N3O2. The Morgan fingerprint density at radius 1 is 1.15 bits per heavy atom. The zero-order valence-corrected chi connectivity index (χ0v) is 10.7. The summed E-state index contributed by atoms with van der Waals surface area (Å²) < 4.78 is 5.13. The fourth-order valence-corrected chi connectivity index (χ4v) is 1.59. The number of hydrogen-bond acceptors (Lipinski definition) is 4. The molecule has 0 unspecified atom stereocenters. The highest BCUT2D eigenvalue weighted by Gasteiger charge is 2.05. The van der Waals surface area contributed by atoms with Crippen molar-refractivity contribution in [2.45, 2.75) is 0 Å². The smallest absolute Gasteiger partial charge is 0.255 e. The van der Waals surface area contributed by atoms with Gasteiger partial charge in [0.25, 0.3) is 5.91 Å². The summed E-state index contributed by atoms with van der Waals surface area (Å²) in [4.78, 5) is 12.0. The number of amides is 1. The van der Waals surface area contributed by atoms with Crippen LogP contribution in [0, 0.1) is 11.3 Å². The lowest BCUT2D eigenvalue weighted by atomic mass is 10.2. The molecule has 0 aliphatic carbocycles. The zero-order chi connectivity index (χ0) is 14.4. The quantitative estimate of drug-likeness (QED) is 0.833. The van der Waals surface area contributed by atoms with Crippen LogP contribution in [0.4, 0.5) is 11.4 Å². The van der Waals surface area contributed by atoms with Gasteiger partial charge in [-0.3, -0.25) is 4.79 Å². The van der Waals surface area contributed by atoms with Gasteiger partial charge in [-0.2, -0.15) is 5.26 Å². The standard InChI is InChI=1S/C15H13N3O2/c16-9-10-20-14-7-5-13(6-8-14)18-15(19)11-1-3-12(17)4-2-11/h1-8H,10,17H2,(H,18,19). The first-order valence-electron chi connectivity index (χ1n) is 5.96. The van der Waals surface area contributed by atoms with Crippen LogP contribution in [-0.4, -0.2) is 12.5 Å². The summed E-state index contributed by atoms with van der Waals surface area (Å²) in [5.41, 5.74) is 7.36. The van der Waals surface area contributed by atoms with E-state index in [4.69, 9.17) is 15.7 Å². The van der Waals surface area contributed by atoms with Gasteiger partial charge in [0.1, 0.15) is 11.8 Å². The second kappa shape index (κ2) is 6.25. The lowest BCUT2D eigenvalue weighted by Crippen LogP contribution is -2.11. The van der Waals surface area contributed by atoms with Crippen molar-refractivity contribution in [3.05, 3.63) is 54.1 Å². The highest BCUT2D eigenvalue weighted by Crippen LogP contribution is 2.16. The van der Waals surface area contributed by atoms with E-state index in [-0.39, 0.29) is 12.5 Å². The van der Waals surface area contributed by atoms with E-state index in [0.29, 0.717) is 22.7 Å².